The second kappa shape index (κ2) is 13.1. The summed E-state index contributed by atoms with van der Waals surface area (Å²) >= 11 is 0. The number of nitrogens with one attached hydrogen (secondary N) is 3. The normalized spacial score (nSPS) is 12.1. The predicted molar refractivity (Wildman–Crippen MR) is 149 cm³/mol. The van der Waals surface area contributed by atoms with E-state index in [0.29, 0.717) is 33.9 Å². The minimum atomic E-state index is -1.64. The minimum Gasteiger partial charge on any atom is -0.481 e. The number of urea groups is 1. The zero-order chi connectivity index (χ0) is 27.6. The summed E-state index contributed by atoms with van der Waals surface area (Å²) in [4.78, 5) is 40.6. The number of carbonyl (C=O) groups is 3. The maximum atomic E-state index is 13.2. The number of benzene rings is 3. The molecule has 0 saturated heterocycles. The Morgan fingerprint density at radius 2 is 1.49 bits per heavy atom. The van der Waals surface area contributed by atoms with Crippen LogP contribution in [0.2, 0.25) is 0 Å². The van der Waals surface area contributed by atoms with Crippen molar-refractivity contribution in [2.24, 2.45) is 0 Å². The molecule has 1 aromatic heterocycles. The van der Waals surface area contributed by atoms with Crippen LogP contribution in [-0.2, 0) is 22.1 Å². The molecule has 0 aliphatic carbocycles. The Bertz CT molecular complexity index is 1450. The molecule has 2 atom stereocenters. The molecule has 3 aromatic carbocycles. The highest BCUT2D eigenvalue weighted by Gasteiger charge is 2.24. The molecule has 198 valence electrons. The van der Waals surface area contributed by atoms with Crippen molar-refractivity contribution in [3.05, 3.63) is 120 Å². The molecule has 2 unspecified atom stereocenters. The number of hydrogen-bond donors (Lipinski definition) is 4. The van der Waals surface area contributed by atoms with Gasteiger partial charge in [0, 0.05) is 40.8 Å². The first kappa shape index (κ1) is 27.2. The lowest BCUT2D eigenvalue weighted by molar-refractivity contribution is -0.137. The second-order valence-corrected chi connectivity index (χ2v) is 10.2. The summed E-state index contributed by atoms with van der Waals surface area (Å²) in [5, 5.41) is 16.8. The molecule has 3 amide bonds. The first-order valence-electron chi connectivity index (χ1n) is 12.0. The summed E-state index contributed by atoms with van der Waals surface area (Å²) in [7, 11) is -1.64. The Hall–Kier alpha value is -4.83. The number of aliphatic carboxylic acids is 1. The van der Waals surface area contributed by atoms with Crippen molar-refractivity contribution in [1.82, 2.24) is 10.3 Å². The summed E-state index contributed by atoms with van der Waals surface area (Å²) < 4.78 is 13.2. The zero-order valence-electron chi connectivity index (χ0n) is 20.7. The van der Waals surface area contributed by atoms with Gasteiger partial charge in [0.2, 0.25) is 0 Å². The van der Waals surface area contributed by atoms with Crippen molar-refractivity contribution < 1.29 is 23.7 Å². The lowest BCUT2D eigenvalue weighted by atomic mass is 10.1. The Balaban J connectivity index is 1.33. The molecule has 4 aromatic rings. The predicted octanol–water partition coefficient (Wildman–Crippen LogP) is 4.98. The molecule has 0 radical (unpaired) electrons. The molecule has 9 nitrogen and oxygen atoms in total. The van der Waals surface area contributed by atoms with E-state index in [1.54, 1.807) is 66.9 Å². The summed E-state index contributed by atoms with van der Waals surface area (Å²) in [5.41, 5.74) is 2.96. The fourth-order valence-electron chi connectivity index (χ4n) is 3.74. The molecular weight excluding hydrogens is 516 g/mol. The third-order valence-electron chi connectivity index (χ3n) is 5.72. The molecule has 1 heterocycles. The van der Waals surface area contributed by atoms with Gasteiger partial charge in [-0.3, -0.25) is 18.8 Å². The number of hydrogen-bond acceptors (Lipinski definition) is 5. The Kier molecular flexibility index (Phi) is 9.15. The van der Waals surface area contributed by atoms with Crippen LogP contribution in [-0.4, -0.2) is 32.2 Å². The van der Waals surface area contributed by atoms with E-state index in [2.05, 4.69) is 20.9 Å². The molecule has 0 aliphatic heterocycles. The topological polar surface area (TPSA) is 137 Å². The highest BCUT2D eigenvalue weighted by atomic mass is 32.2. The number of aromatic nitrogens is 1. The first-order chi connectivity index (χ1) is 18.9. The van der Waals surface area contributed by atoms with Crippen molar-refractivity contribution in [2.45, 2.75) is 23.1 Å². The smallest absolute Gasteiger partial charge is 0.319 e. The van der Waals surface area contributed by atoms with Crippen LogP contribution < -0.4 is 16.0 Å². The van der Waals surface area contributed by atoms with Gasteiger partial charge in [-0.2, -0.15) is 0 Å². The number of carboxylic acids is 1. The SMILES string of the molecule is O=C(O)CC(c1cccnc1)S(=O)c1ccc(NC(=O)c2ccc(NC(=O)NCc3ccccc3)cc2)cc1. The second-order valence-electron chi connectivity index (χ2n) is 8.52. The molecule has 0 spiro atoms. The van der Waals surface area contributed by atoms with Crippen LogP contribution in [0.3, 0.4) is 0 Å². The van der Waals surface area contributed by atoms with Crippen molar-refractivity contribution in [2.75, 3.05) is 10.6 Å². The molecule has 39 heavy (non-hydrogen) atoms. The van der Waals surface area contributed by atoms with Crippen LogP contribution in [0.1, 0.15) is 33.2 Å². The summed E-state index contributed by atoms with van der Waals surface area (Å²) in [5.74, 6) is -1.42. The average Bonchev–Trinajstić information content (AvgIpc) is 2.96. The average molecular weight is 543 g/mol. The van der Waals surface area contributed by atoms with E-state index in [-0.39, 0.29) is 18.4 Å². The highest BCUT2D eigenvalue weighted by molar-refractivity contribution is 7.85. The quantitative estimate of drug-likeness (QED) is 0.223. The molecule has 0 fully saturated rings. The van der Waals surface area contributed by atoms with Crippen LogP contribution in [0.15, 0.2) is 108 Å². The molecule has 10 heteroatoms. The van der Waals surface area contributed by atoms with Crippen molar-refractivity contribution in [3.8, 4) is 0 Å². The van der Waals surface area contributed by atoms with Crippen LogP contribution in [0.5, 0.6) is 0 Å². The number of anilines is 2. The van der Waals surface area contributed by atoms with Gasteiger partial charge < -0.3 is 21.1 Å². The van der Waals surface area contributed by atoms with Gasteiger partial charge in [0.05, 0.1) is 22.5 Å². The van der Waals surface area contributed by atoms with E-state index in [9.17, 15) is 23.7 Å². The third kappa shape index (κ3) is 7.83. The molecular formula is C29H26N4O5S. The summed E-state index contributed by atoms with van der Waals surface area (Å²) in [6.45, 7) is 0.392. The van der Waals surface area contributed by atoms with E-state index in [1.807, 2.05) is 30.3 Å². The fraction of sp³-hybridized carbons (Fsp3) is 0.103. The third-order valence-corrected chi connectivity index (χ3v) is 7.41. The van der Waals surface area contributed by atoms with E-state index >= 15 is 0 Å². The monoisotopic (exact) mass is 542 g/mol. The van der Waals surface area contributed by atoms with Crippen molar-refractivity contribution in [3.63, 3.8) is 0 Å². The number of amides is 3. The summed E-state index contributed by atoms with van der Waals surface area (Å²) in [6.07, 6.45) is 2.77. The van der Waals surface area contributed by atoms with Crippen LogP contribution in [0.25, 0.3) is 0 Å². The number of nitrogens with zero attached hydrogens (tertiary/aromatic N) is 1. The Labute approximate surface area is 227 Å². The number of rotatable bonds is 10. The van der Waals surface area contributed by atoms with E-state index in [1.165, 1.54) is 6.20 Å². The van der Waals surface area contributed by atoms with E-state index in [0.717, 1.165) is 5.56 Å². The van der Waals surface area contributed by atoms with Gasteiger partial charge in [-0.25, -0.2) is 4.79 Å². The van der Waals surface area contributed by atoms with Crippen LogP contribution in [0, 0.1) is 0 Å². The number of pyridine rings is 1. The lowest BCUT2D eigenvalue weighted by Crippen LogP contribution is -2.28. The standard InChI is InChI=1S/C29H26N4O5S/c34-27(35)17-26(22-7-4-16-30-19-22)39(38)25-14-12-23(13-15-25)32-28(36)21-8-10-24(11-9-21)33-29(37)31-18-20-5-2-1-3-6-20/h1-16,19,26H,17-18H2,(H,32,36)(H,34,35)(H2,31,33,37). The Morgan fingerprint density at radius 3 is 2.13 bits per heavy atom. The maximum absolute atomic E-state index is 13.2. The van der Waals surface area contributed by atoms with E-state index < -0.39 is 22.0 Å². The first-order valence-corrected chi connectivity index (χ1v) is 13.2. The lowest BCUT2D eigenvalue weighted by Gasteiger charge is -2.15. The fourth-order valence-corrected chi connectivity index (χ4v) is 5.15. The van der Waals surface area contributed by atoms with Gasteiger partial charge in [0.1, 0.15) is 0 Å². The van der Waals surface area contributed by atoms with Gasteiger partial charge in [0.15, 0.2) is 0 Å². The minimum absolute atomic E-state index is 0.309. The Morgan fingerprint density at radius 1 is 0.821 bits per heavy atom. The number of carbonyl (C=O) groups excluding carboxylic acids is 2. The van der Waals surface area contributed by atoms with Crippen molar-refractivity contribution >= 4 is 40.1 Å². The summed E-state index contributed by atoms with van der Waals surface area (Å²) in [6, 6.07) is 25.4. The van der Waals surface area contributed by atoms with Gasteiger partial charge >= 0.3 is 12.0 Å². The van der Waals surface area contributed by atoms with Gasteiger partial charge in [-0.1, -0.05) is 36.4 Å². The van der Waals surface area contributed by atoms with E-state index in [4.69, 9.17) is 0 Å². The largest absolute Gasteiger partial charge is 0.481 e. The highest BCUT2D eigenvalue weighted by Crippen LogP contribution is 2.29. The van der Waals surface area contributed by atoms with Crippen LogP contribution in [0.4, 0.5) is 16.2 Å². The molecule has 0 aliphatic rings. The van der Waals surface area contributed by atoms with Gasteiger partial charge in [0.25, 0.3) is 5.91 Å². The van der Waals surface area contributed by atoms with Gasteiger partial charge in [-0.15, -0.1) is 0 Å². The maximum Gasteiger partial charge on any atom is 0.319 e. The molecule has 0 saturated carbocycles. The molecule has 0 bridgehead atoms. The van der Waals surface area contributed by atoms with Crippen molar-refractivity contribution in [1.29, 1.82) is 0 Å². The number of carboxylic acid groups (broad SMARTS) is 1. The molecule has 4 N–H and O–H groups in total. The van der Waals surface area contributed by atoms with Crippen LogP contribution >= 0.6 is 0 Å². The zero-order valence-corrected chi connectivity index (χ0v) is 21.6. The van der Waals surface area contributed by atoms with Gasteiger partial charge in [-0.05, 0) is 65.7 Å². The molecule has 4 rings (SSSR count).